The number of urea groups is 1. The molecule has 254 valence electrons. The van der Waals surface area contributed by atoms with Crippen molar-refractivity contribution < 1.29 is 24.2 Å². The van der Waals surface area contributed by atoms with Gasteiger partial charge in [0.05, 0.1) is 11.7 Å². The maximum Gasteiger partial charge on any atom is 0.319 e. The third-order valence-corrected chi connectivity index (χ3v) is 8.83. The van der Waals surface area contributed by atoms with Gasteiger partial charge in [0, 0.05) is 66.8 Å². The average molecular weight is 655 g/mol. The molecule has 0 aliphatic carbocycles. The lowest BCUT2D eigenvalue weighted by atomic mass is 10.1. The smallest absolute Gasteiger partial charge is 0.319 e. The topological polar surface area (TPSA) is 137 Å². The lowest BCUT2D eigenvalue weighted by molar-refractivity contribution is 0.0815. The quantitative estimate of drug-likeness (QED) is 0.116. The molecule has 1 aromatic heterocycles. The molecule has 0 atom stereocenters. The van der Waals surface area contributed by atoms with E-state index in [4.69, 9.17) is 4.74 Å². The molecular weight excluding hydrogens is 608 g/mol. The van der Waals surface area contributed by atoms with Crippen molar-refractivity contribution in [1.82, 2.24) is 20.1 Å². The van der Waals surface area contributed by atoms with Crippen molar-refractivity contribution in [3.8, 4) is 11.5 Å². The number of piperidine rings is 1. The minimum absolute atomic E-state index is 0.0677. The van der Waals surface area contributed by atoms with Gasteiger partial charge in [-0.2, -0.15) is 0 Å². The lowest BCUT2D eigenvalue weighted by Crippen LogP contribution is -2.37. The van der Waals surface area contributed by atoms with E-state index in [1.807, 2.05) is 38.1 Å². The largest absolute Gasteiger partial charge is 0.457 e. The van der Waals surface area contributed by atoms with Gasteiger partial charge in [0.1, 0.15) is 11.5 Å². The Labute approximate surface area is 281 Å². The van der Waals surface area contributed by atoms with Crippen molar-refractivity contribution in [2.75, 3.05) is 37.3 Å². The fraction of sp³-hybridized carbons (Fsp3) is 0.378. The van der Waals surface area contributed by atoms with E-state index in [1.165, 1.54) is 7.05 Å². The number of amides is 4. The SMILES string of the molecule is CCC(CC)NC(=O)Nc1ccc(Oc2ccc(NC(=O)c3ccc4c(ccn4CCCN4CCC(O)CC4)c3)cc2)c(C(=O)NC)c1. The van der Waals surface area contributed by atoms with Gasteiger partial charge in [-0.25, -0.2) is 4.79 Å². The maximum atomic E-state index is 13.1. The highest BCUT2D eigenvalue weighted by Gasteiger charge is 2.18. The van der Waals surface area contributed by atoms with Crippen molar-refractivity contribution in [3.05, 3.63) is 84.1 Å². The molecule has 0 saturated carbocycles. The molecule has 4 amide bonds. The number of carbonyl (C=O) groups excluding carboxylic acids is 3. The molecule has 5 rings (SSSR count). The molecule has 0 radical (unpaired) electrons. The zero-order chi connectivity index (χ0) is 34.0. The molecule has 2 heterocycles. The van der Waals surface area contributed by atoms with Crippen LogP contribution in [0.25, 0.3) is 10.9 Å². The van der Waals surface area contributed by atoms with Gasteiger partial charge >= 0.3 is 6.03 Å². The van der Waals surface area contributed by atoms with Gasteiger partial charge in [-0.1, -0.05) is 13.8 Å². The summed E-state index contributed by atoms with van der Waals surface area (Å²) in [4.78, 5) is 40.6. The first-order valence-corrected chi connectivity index (χ1v) is 16.8. The number of anilines is 2. The summed E-state index contributed by atoms with van der Waals surface area (Å²) in [6.07, 6.45) is 6.28. The molecule has 1 aliphatic heterocycles. The fourth-order valence-corrected chi connectivity index (χ4v) is 5.93. The standard InChI is InChI=1S/C37H46N6O5/c1-4-27(5-2)40-37(47)41-29-10-14-34(32(24-29)36(46)38-3)48-31-11-8-28(9-12-31)39-35(45)26-7-13-33-25(23-26)15-22-43(33)19-6-18-42-20-16-30(44)17-21-42/h7-15,22-24,27,30,44H,4-6,16-21H2,1-3H3,(H,38,46)(H,39,45)(H2,40,41,47). The Morgan fingerprint density at radius 2 is 1.60 bits per heavy atom. The van der Waals surface area contributed by atoms with E-state index in [-0.39, 0.29) is 35.6 Å². The van der Waals surface area contributed by atoms with Crippen LogP contribution in [0.15, 0.2) is 72.9 Å². The molecule has 1 saturated heterocycles. The molecule has 4 aromatic rings. The number of benzene rings is 3. The third kappa shape index (κ3) is 8.93. The Morgan fingerprint density at radius 3 is 2.31 bits per heavy atom. The summed E-state index contributed by atoms with van der Waals surface area (Å²) < 4.78 is 8.26. The van der Waals surface area contributed by atoms with E-state index in [0.29, 0.717) is 28.4 Å². The molecule has 3 aromatic carbocycles. The second-order valence-electron chi connectivity index (χ2n) is 12.2. The number of aryl methyl sites for hydroxylation is 1. The minimum atomic E-state index is -0.357. The number of nitrogens with one attached hydrogen (secondary N) is 4. The molecule has 0 spiro atoms. The molecular formula is C37H46N6O5. The molecule has 1 aliphatic rings. The van der Waals surface area contributed by atoms with Gasteiger partial charge in [-0.3, -0.25) is 9.59 Å². The molecule has 0 unspecified atom stereocenters. The van der Waals surface area contributed by atoms with Crippen molar-refractivity contribution in [3.63, 3.8) is 0 Å². The van der Waals surface area contributed by atoms with E-state index in [1.54, 1.807) is 42.5 Å². The second kappa shape index (κ2) is 16.3. The van der Waals surface area contributed by atoms with Crippen LogP contribution in [0, 0.1) is 0 Å². The number of likely N-dealkylation sites (tertiary alicyclic amines) is 1. The van der Waals surface area contributed by atoms with Crippen LogP contribution in [0.1, 0.15) is 66.7 Å². The van der Waals surface area contributed by atoms with Crippen LogP contribution in [-0.4, -0.2) is 71.2 Å². The highest BCUT2D eigenvalue weighted by Crippen LogP contribution is 2.29. The Bertz CT molecular complexity index is 1710. The Hall–Kier alpha value is -4.87. The van der Waals surface area contributed by atoms with Crippen molar-refractivity contribution >= 4 is 40.1 Å². The summed E-state index contributed by atoms with van der Waals surface area (Å²) in [5.74, 6) is 0.225. The number of aromatic nitrogens is 1. The predicted octanol–water partition coefficient (Wildman–Crippen LogP) is 6.20. The summed E-state index contributed by atoms with van der Waals surface area (Å²) in [5.41, 5.74) is 2.98. The molecule has 5 N–H and O–H groups in total. The zero-order valence-corrected chi connectivity index (χ0v) is 27.9. The molecule has 0 bridgehead atoms. The Kier molecular flexibility index (Phi) is 11.7. The van der Waals surface area contributed by atoms with Crippen LogP contribution >= 0.6 is 0 Å². The van der Waals surface area contributed by atoms with Gasteiger partial charge in [-0.05, 0) is 105 Å². The van der Waals surface area contributed by atoms with E-state index < -0.39 is 0 Å². The van der Waals surface area contributed by atoms with Gasteiger partial charge in [-0.15, -0.1) is 0 Å². The number of aliphatic hydroxyl groups is 1. The van der Waals surface area contributed by atoms with Gasteiger partial charge in [0.2, 0.25) is 0 Å². The molecule has 1 fully saturated rings. The van der Waals surface area contributed by atoms with E-state index in [2.05, 4.69) is 36.9 Å². The first-order chi connectivity index (χ1) is 23.3. The average Bonchev–Trinajstić information content (AvgIpc) is 3.51. The number of aliphatic hydroxyl groups excluding tert-OH is 1. The number of nitrogens with zero attached hydrogens (tertiary/aromatic N) is 2. The van der Waals surface area contributed by atoms with Gasteiger partial charge < -0.3 is 40.6 Å². The van der Waals surface area contributed by atoms with Crippen LogP contribution in [0.3, 0.4) is 0 Å². The summed E-state index contributed by atoms with van der Waals surface area (Å²) in [5, 5.41) is 22.0. The monoisotopic (exact) mass is 654 g/mol. The molecule has 11 heteroatoms. The predicted molar refractivity (Wildman–Crippen MR) is 189 cm³/mol. The van der Waals surface area contributed by atoms with E-state index in [9.17, 15) is 19.5 Å². The fourth-order valence-electron chi connectivity index (χ4n) is 5.93. The highest BCUT2D eigenvalue weighted by molar-refractivity contribution is 6.06. The molecule has 48 heavy (non-hydrogen) atoms. The van der Waals surface area contributed by atoms with Crippen LogP contribution in [0.5, 0.6) is 11.5 Å². The van der Waals surface area contributed by atoms with Crippen LogP contribution in [0.4, 0.5) is 16.2 Å². The normalized spacial score (nSPS) is 13.8. The van der Waals surface area contributed by atoms with E-state index in [0.717, 1.165) is 69.2 Å². The van der Waals surface area contributed by atoms with Crippen molar-refractivity contribution in [2.24, 2.45) is 0 Å². The number of rotatable bonds is 13. The number of ether oxygens (including phenoxy) is 1. The lowest BCUT2D eigenvalue weighted by Gasteiger charge is -2.29. The number of fused-ring (bicyclic) bond motifs is 1. The summed E-state index contributed by atoms with van der Waals surface area (Å²) in [6, 6.07) is 19.3. The highest BCUT2D eigenvalue weighted by atomic mass is 16.5. The van der Waals surface area contributed by atoms with Gasteiger partial charge in [0.25, 0.3) is 11.8 Å². The minimum Gasteiger partial charge on any atom is -0.457 e. The summed E-state index contributed by atoms with van der Waals surface area (Å²) in [6.45, 7) is 7.83. The first kappa shape index (κ1) is 34.5. The summed E-state index contributed by atoms with van der Waals surface area (Å²) in [7, 11) is 1.53. The Morgan fingerprint density at radius 1 is 0.875 bits per heavy atom. The second-order valence-corrected chi connectivity index (χ2v) is 12.2. The Balaban J connectivity index is 1.17. The summed E-state index contributed by atoms with van der Waals surface area (Å²) >= 11 is 0. The van der Waals surface area contributed by atoms with Crippen molar-refractivity contribution in [1.29, 1.82) is 0 Å². The first-order valence-electron chi connectivity index (χ1n) is 16.8. The van der Waals surface area contributed by atoms with Gasteiger partial charge in [0.15, 0.2) is 0 Å². The van der Waals surface area contributed by atoms with Crippen molar-refractivity contribution in [2.45, 2.75) is 64.6 Å². The molecule has 11 nitrogen and oxygen atoms in total. The van der Waals surface area contributed by atoms with E-state index >= 15 is 0 Å². The third-order valence-electron chi connectivity index (χ3n) is 8.83. The van der Waals surface area contributed by atoms with Crippen LogP contribution in [-0.2, 0) is 6.54 Å². The number of carbonyl (C=O) groups is 3. The number of hydrogen-bond donors (Lipinski definition) is 5. The maximum absolute atomic E-state index is 13.1. The number of hydrogen-bond acceptors (Lipinski definition) is 6. The van der Waals surface area contributed by atoms with Crippen LogP contribution < -0.4 is 26.0 Å². The van der Waals surface area contributed by atoms with Crippen LogP contribution in [0.2, 0.25) is 0 Å². The zero-order valence-electron chi connectivity index (χ0n) is 27.9.